The number of amides is 1. The van der Waals surface area contributed by atoms with Crippen LogP contribution in [0.25, 0.3) is 0 Å². The third kappa shape index (κ3) is 3.99. The highest BCUT2D eigenvalue weighted by molar-refractivity contribution is 7.91. The normalized spacial score (nSPS) is 11.3. The summed E-state index contributed by atoms with van der Waals surface area (Å²) in [6.45, 7) is 0. The number of nitrogens with two attached hydrogens (primary N) is 1. The summed E-state index contributed by atoms with van der Waals surface area (Å²) in [5.74, 6) is -3.05. The molecule has 3 N–H and O–H groups in total. The fourth-order valence-electron chi connectivity index (χ4n) is 1.58. The Balaban J connectivity index is 2.16. The van der Waals surface area contributed by atoms with Crippen LogP contribution in [0.15, 0.2) is 29.6 Å². The van der Waals surface area contributed by atoms with Crippen molar-refractivity contribution < 1.29 is 22.0 Å². The van der Waals surface area contributed by atoms with Crippen molar-refractivity contribution in [3.8, 4) is 0 Å². The third-order valence-corrected chi connectivity index (χ3v) is 4.66. The van der Waals surface area contributed by atoms with E-state index in [0.29, 0.717) is 6.07 Å². The summed E-state index contributed by atoms with van der Waals surface area (Å²) in [5.41, 5.74) is 5.06. The Hall–Kier alpha value is -2.00. The maximum Gasteiger partial charge on any atom is 0.258 e. The molecule has 2 aromatic rings. The molecule has 112 valence electrons. The van der Waals surface area contributed by atoms with Gasteiger partial charge in [0.15, 0.2) is 0 Å². The zero-order valence-electron chi connectivity index (χ0n) is 10.5. The second-order valence-electron chi connectivity index (χ2n) is 4.16. The van der Waals surface area contributed by atoms with Crippen LogP contribution >= 0.6 is 11.3 Å². The predicted octanol–water partition coefficient (Wildman–Crippen LogP) is 2.07. The van der Waals surface area contributed by atoms with Crippen LogP contribution in [0.5, 0.6) is 0 Å². The summed E-state index contributed by atoms with van der Waals surface area (Å²) in [7, 11) is -3.89. The van der Waals surface area contributed by atoms with Crippen molar-refractivity contribution in [1.82, 2.24) is 0 Å². The van der Waals surface area contributed by atoms with E-state index >= 15 is 0 Å². The largest absolute Gasteiger partial charge is 0.365 e. The van der Waals surface area contributed by atoms with Crippen LogP contribution in [0.4, 0.5) is 14.5 Å². The van der Waals surface area contributed by atoms with Crippen molar-refractivity contribution in [1.29, 1.82) is 0 Å². The van der Waals surface area contributed by atoms with E-state index in [-0.39, 0.29) is 16.1 Å². The number of sulfonamides is 1. The molecule has 0 bridgehead atoms. The average Bonchev–Trinajstić information content (AvgIpc) is 2.80. The molecule has 0 aliphatic carbocycles. The highest BCUT2D eigenvalue weighted by Crippen LogP contribution is 2.21. The van der Waals surface area contributed by atoms with E-state index < -0.39 is 33.3 Å². The van der Waals surface area contributed by atoms with Gasteiger partial charge in [0.05, 0.1) is 16.3 Å². The minimum atomic E-state index is -3.89. The maximum atomic E-state index is 13.4. The van der Waals surface area contributed by atoms with E-state index in [4.69, 9.17) is 5.73 Å². The molecule has 0 atom stereocenters. The first kappa shape index (κ1) is 15.4. The van der Waals surface area contributed by atoms with Crippen LogP contribution in [-0.4, -0.2) is 14.3 Å². The van der Waals surface area contributed by atoms with Crippen LogP contribution in [0.1, 0.15) is 15.2 Å². The van der Waals surface area contributed by atoms with Gasteiger partial charge in [-0.2, -0.15) is 0 Å². The Morgan fingerprint density at radius 2 is 2.00 bits per heavy atom. The molecule has 2 rings (SSSR count). The summed E-state index contributed by atoms with van der Waals surface area (Å²) in [5, 5.41) is 1.40. The highest BCUT2D eigenvalue weighted by Gasteiger charge is 2.16. The summed E-state index contributed by atoms with van der Waals surface area (Å²) in [4.78, 5) is 11.1. The number of hydrogen-bond donors (Lipinski definition) is 2. The number of hydrogen-bond acceptors (Lipinski definition) is 4. The average molecular weight is 332 g/mol. The first-order valence-corrected chi connectivity index (χ1v) is 8.13. The topological polar surface area (TPSA) is 89.3 Å². The number of thiophene rings is 1. The van der Waals surface area contributed by atoms with Gasteiger partial charge in [0.2, 0.25) is 10.0 Å². The fraction of sp³-hybridized carbons (Fsp3) is 0.0833. The van der Waals surface area contributed by atoms with Gasteiger partial charge < -0.3 is 5.73 Å². The molecule has 21 heavy (non-hydrogen) atoms. The SMILES string of the molecule is NC(=O)c1cc(NS(=O)(=O)Cc2ccc(F)cc2F)cs1. The summed E-state index contributed by atoms with van der Waals surface area (Å²) in [6.07, 6.45) is 0. The molecule has 0 aliphatic heterocycles. The van der Waals surface area contributed by atoms with Crippen LogP contribution < -0.4 is 10.5 Å². The second kappa shape index (κ2) is 5.78. The summed E-state index contributed by atoms with van der Waals surface area (Å²) >= 11 is 0.985. The number of anilines is 1. The van der Waals surface area contributed by atoms with Crippen molar-refractivity contribution in [3.63, 3.8) is 0 Å². The summed E-state index contributed by atoms with van der Waals surface area (Å²) < 4.78 is 52.2. The van der Waals surface area contributed by atoms with Crippen molar-refractivity contribution in [2.45, 2.75) is 5.75 Å². The van der Waals surface area contributed by atoms with Crippen LogP contribution in [0.2, 0.25) is 0 Å². The number of benzene rings is 1. The number of rotatable bonds is 5. The highest BCUT2D eigenvalue weighted by atomic mass is 32.2. The van der Waals surface area contributed by atoms with Crippen molar-refractivity contribution >= 4 is 33.0 Å². The molecule has 0 spiro atoms. The molecule has 0 unspecified atom stereocenters. The maximum absolute atomic E-state index is 13.4. The standard InChI is InChI=1S/C12H10F2N2O3S2/c13-8-2-1-7(10(14)3-8)6-21(18,19)16-9-4-11(12(15)17)20-5-9/h1-5,16H,6H2,(H2,15,17). The lowest BCUT2D eigenvalue weighted by Crippen LogP contribution is -2.15. The van der Waals surface area contributed by atoms with Crippen LogP contribution in [0, 0.1) is 11.6 Å². The predicted molar refractivity (Wildman–Crippen MR) is 75.4 cm³/mol. The monoisotopic (exact) mass is 332 g/mol. The van der Waals surface area contributed by atoms with Gasteiger partial charge in [0.1, 0.15) is 11.6 Å². The van der Waals surface area contributed by atoms with Crippen molar-refractivity contribution in [2.24, 2.45) is 5.73 Å². The Kier molecular flexibility index (Phi) is 4.24. The number of nitrogens with one attached hydrogen (secondary N) is 1. The number of halogens is 2. The Morgan fingerprint density at radius 1 is 1.29 bits per heavy atom. The van der Waals surface area contributed by atoms with Crippen molar-refractivity contribution in [2.75, 3.05) is 4.72 Å². The zero-order valence-corrected chi connectivity index (χ0v) is 12.1. The lowest BCUT2D eigenvalue weighted by molar-refractivity contribution is 0.100. The molecule has 1 aromatic heterocycles. The third-order valence-electron chi connectivity index (χ3n) is 2.48. The molecule has 0 saturated carbocycles. The van der Waals surface area contributed by atoms with E-state index in [9.17, 15) is 22.0 Å². The lowest BCUT2D eigenvalue weighted by Gasteiger charge is -2.07. The van der Waals surface area contributed by atoms with E-state index in [1.54, 1.807) is 0 Å². The van der Waals surface area contributed by atoms with Crippen LogP contribution in [-0.2, 0) is 15.8 Å². The second-order valence-corrected chi connectivity index (χ2v) is 6.79. The molecular weight excluding hydrogens is 322 g/mol. The fourth-order valence-corrected chi connectivity index (χ4v) is 3.54. The first-order valence-electron chi connectivity index (χ1n) is 5.59. The molecule has 0 radical (unpaired) electrons. The number of primary amides is 1. The van der Waals surface area contributed by atoms with Crippen molar-refractivity contribution in [3.05, 3.63) is 51.7 Å². The molecule has 5 nitrogen and oxygen atoms in total. The van der Waals surface area contributed by atoms with E-state index in [2.05, 4.69) is 4.72 Å². The summed E-state index contributed by atoms with van der Waals surface area (Å²) in [6, 6.07) is 3.93. The van der Waals surface area contributed by atoms with Gasteiger partial charge in [-0.25, -0.2) is 17.2 Å². The van der Waals surface area contributed by atoms with E-state index in [0.717, 1.165) is 23.5 Å². The van der Waals surface area contributed by atoms with Gasteiger partial charge in [0, 0.05) is 17.0 Å². The van der Waals surface area contributed by atoms with E-state index in [1.165, 1.54) is 11.4 Å². The lowest BCUT2D eigenvalue weighted by atomic mass is 10.2. The molecule has 0 saturated heterocycles. The van der Waals surface area contributed by atoms with Crippen LogP contribution in [0.3, 0.4) is 0 Å². The smallest absolute Gasteiger partial charge is 0.258 e. The minimum Gasteiger partial charge on any atom is -0.365 e. The Morgan fingerprint density at radius 3 is 2.57 bits per heavy atom. The Bertz CT molecular complexity index is 788. The quantitative estimate of drug-likeness (QED) is 0.878. The molecule has 1 aromatic carbocycles. The molecule has 9 heteroatoms. The van der Waals surface area contributed by atoms with Gasteiger partial charge in [0.25, 0.3) is 5.91 Å². The van der Waals surface area contributed by atoms with Gasteiger partial charge >= 0.3 is 0 Å². The van der Waals surface area contributed by atoms with Gasteiger partial charge in [-0.3, -0.25) is 9.52 Å². The number of carbonyl (C=O) groups is 1. The van der Waals surface area contributed by atoms with E-state index in [1.807, 2.05) is 0 Å². The first-order chi connectivity index (χ1) is 9.77. The molecular formula is C12H10F2N2O3S2. The Labute approximate surface area is 123 Å². The number of carbonyl (C=O) groups excluding carboxylic acids is 1. The minimum absolute atomic E-state index is 0.158. The molecule has 1 amide bonds. The molecule has 0 fully saturated rings. The molecule has 0 aliphatic rings. The van der Waals surface area contributed by atoms with Gasteiger partial charge in [-0.05, 0) is 12.1 Å². The molecule has 1 heterocycles. The van der Waals surface area contributed by atoms with Gasteiger partial charge in [-0.1, -0.05) is 6.07 Å². The van der Waals surface area contributed by atoms with Gasteiger partial charge in [-0.15, -0.1) is 11.3 Å². The zero-order chi connectivity index (χ0) is 15.6.